The summed E-state index contributed by atoms with van der Waals surface area (Å²) < 4.78 is 0. The molecule has 1 fully saturated rings. The molecule has 0 saturated carbocycles. The van der Waals surface area contributed by atoms with Gasteiger partial charge in [-0.1, -0.05) is 31.2 Å². The predicted octanol–water partition coefficient (Wildman–Crippen LogP) is 2.82. The summed E-state index contributed by atoms with van der Waals surface area (Å²) in [6, 6.07) is 8.75. The highest BCUT2D eigenvalue weighted by Crippen LogP contribution is 2.09. The molecule has 100 valence electrons. The van der Waals surface area contributed by atoms with Crippen LogP contribution in [0.5, 0.6) is 0 Å². The maximum Gasteiger partial charge on any atom is 0.0208 e. The van der Waals surface area contributed by atoms with E-state index in [4.69, 9.17) is 0 Å². The van der Waals surface area contributed by atoms with Crippen LogP contribution in [0.15, 0.2) is 24.3 Å². The molecule has 1 aromatic rings. The van der Waals surface area contributed by atoms with Gasteiger partial charge >= 0.3 is 0 Å². The van der Waals surface area contributed by atoms with Crippen molar-refractivity contribution in [3.63, 3.8) is 0 Å². The molecular formula is C16H26N2. The van der Waals surface area contributed by atoms with Crippen LogP contribution < -0.4 is 5.32 Å². The van der Waals surface area contributed by atoms with Gasteiger partial charge in [-0.2, -0.15) is 0 Å². The summed E-state index contributed by atoms with van der Waals surface area (Å²) >= 11 is 0. The normalized spacial score (nSPS) is 16.3. The van der Waals surface area contributed by atoms with Crippen LogP contribution in [0.4, 0.5) is 0 Å². The van der Waals surface area contributed by atoms with E-state index in [0.717, 1.165) is 19.5 Å². The van der Waals surface area contributed by atoms with Crippen molar-refractivity contribution in [2.45, 2.75) is 39.2 Å². The lowest BCUT2D eigenvalue weighted by Gasteiger charge is -2.14. The van der Waals surface area contributed by atoms with Crippen LogP contribution in [0.1, 0.15) is 37.3 Å². The van der Waals surface area contributed by atoms with E-state index in [0.29, 0.717) is 0 Å². The second kappa shape index (κ2) is 7.55. The third-order valence-corrected chi connectivity index (χ3v) is 3.84. The Bertz CT molecular complexity index is 343. The Balaban J connectivity index is 1.62. The molecule has 1 N–H and O–H groups in total. The Labute approximate surface area is 111 Å². The molecule has 1 aliphatic rings. The van der Waals surface area contributed by atoms with Crippen molar-refractivity contribution in [1.29, 1.82) is 0 Å². The smallest absolute Gasteiger partial charge is 0.0208 e. The zero-order chi connectivity index (χ0) is 12.6. The molecule has 0 unspecified atom stereocenters. The summed E-state index contributed by atoms with van der Waals surface area (Å²) in [7, 11) is 0. The predicted molar refractivity (Wildman–Crippen MR) is 77.8 cm³/mol. The van der Waals surface area contributed by atoms with Crippen molar-refractivity contribution < 1.29 is 0 Å². The maximum atomic E-state index is 3.57. The van der Waals surface area contributed by atoms with Crippen molar-refractivity contribution in [1.82, 2.24) is 10.2 Å². The molecular weight excluding hydrogens is 220 g/mol. The van der Waals surface area contributed by atoms with Crippen LogP contribution in [0.3, 0.4) is 0 Å². The van der Waals surface area contributed by atoms with Gasteiger partial charge in [0.05, 0.1) is 0 Å². The number of hydrogen-bond acceptors (Lipinski definition) is 2. The van der Waals surface area contributed by atoms with Crippen LogP contribution in [-0.4, -0.2) is 31.1 Å². The van der Waals surface area contributed by atoms with Crippen molar-refractivity contribution in [2.75, 3.05) is 26.2 Å². The zero-order valence-corrected chi connectivity index (χ0v) is 11.6. The summed E-state index contributed by atoms with van der Waals surface area (Å²) in [5, 5.41) is 3.57. The third kappa shape index (κ3) is 4.11. The van der Waals surface area contributed by atoms with Gasteiger partial charge in [0.25, 0.3) is 0 Å². The molecule has 0 radical (unpaired) electrons. The topological polar surface area (TPSA) is 15.3 Å². The van der Waals surface area contributed by atoms with Gasteiger partial charge in [0.2, 0.25) is 0 Å². The van der Waals surface area contributed by atoms with Gasteiger partial charge < -0.3 is 10.2 Å². The summed E-state index contributed by atoms with van der Waals surface area (Å²) in [5.74, 6) is 0. The highest BCUT2D eigenvalue weighted by Gasteiger charge is 2.09. The van der Waals surface area contributed by atoms with E-state index in [-0.39, 0.29) is 0 Å². The number of aryl methyl sites for hydroxylation is 1. The van der Waals surface area contributed by atoms with Crippen LogP contribution in [-0.2, 0) is 13.0 Å². The largest absolute Gasteiger partial charge is 0.313 e. The second-order valence-corrected chi connectivity index (χ2v) is 5.20. The molecule has 1 heterocycles. The Hall–Kier alpha value is -0.860. The molecule has 0 amide bonds. The first-order valence-electron chi connectivity index (χ1n) is 7.40. The molecule has 0 aliphatic carbocycles. The van der Waals surface area contributed by atoms with Gasteiger partial charge in [0, 0.05) is 6.54 Å². The molecule has 0 aromatic heterocycles. The summed E-state index contributed by atoms with van der Waals surface area (Å²) in [5.41, 5.74) is 2.94. The molecule has 1 aromatic carbocycles. The molecule has 2 rings (SSSR count). The summed E-state index contributed by atoms with van der Waals surface area (Å²) in [6.45, 7) is 8.28. The Kier molecular flexibility index (Phi) is 5.69. The van der Waals surface area contributed by atoms with E-state index in [9.17, 15) is 0 Å². The van der Waals surface area contributed by atoms with Crippen LogP contribution in [0, 0.1) is 0 Å². The Morgan fingerprint density at radius 2 is 1.83 bits per heavy atom. The highest BCUT2D eigenvalue weighted by atomic mass is 15.1. The first kappa shape index (κ1) is 13.6. The lowest BCUT2D eigenvalue weighted by molar-refractivity contribution is 0.331. The average Bonchev–Trinajstić information content (AvgIpc) is 2.92. The average molecular weight is 246 g/mol. The quantitative estimate of drug-likeness (QED) is 0.744. The lowest BCUT2D eigenvalue weighted by Crippen LogP contribution is -2.24. The molecule has 2 nitrogen and oxygen atoms in total. The minimum atomic E-state index is 1.02. The summed E-state index contributed by atoms with van der Waals surface area (Å²) in [4.78, 5) is 2.58. The number of nitrogens with one attached hydrogen (secondary N) is 1. The van der Waals surface area contributed by atoms with Crippen molar-refractivity contribution >= 4 is 0 Å². The van der Waals surface area contributed by atoms with Gasteiger partial charge in [-0.25, -0.2) is 0 Å². The highest BCUT2D eigenvalue weighted by molar-refractivity contribution is 5.26. The van der Waals surface area contributed by atoms with E-state index >= 15 is 0 Å². The first-order valence-corrected chi connectivity index (χ1v) is 7.40. The first-order chi connectivity index (χ1) is 8.90. The third-order valence-electron chi connectivity index (χ3n) is 3.84. The minimum absolute atomic E-state index is 1.02. The zero-order valence-electron chi connectivity index (χ0n) is 11.6. The van der Waals surface area contributed by atoms with E-state index in [1.165, 1.54) is 50.0 Å². The van der Waals surface area contributed by atoms with Crippen LogP contribution in [0.25, 0.3) is 0 Å². The van der Waals surface area contributed by atoms with Crippen molar-refractivity contribution in [2.24, 2.45) is 0 Å². The van der Waals surface area contributed by atoms with E-state index < -0.39 is 0 Å². The SMILES string of the molecule is CCc1ccccc1CNCCCN1CCCC1. The summed E-state index contributed by atoms with van der Waals surface area (Å²) in [6.07, 6.45) is 5.20. The number of benzene rings is 1. The molecule has 2 heteroatoms. The van der Waals surface area contributed by atoms with Gasteiger partial charge in [0.15, 0.2) is 0 Å². The number of hydrogen-bond donors (Lipinski definition) is 1. The Morgan fingerprint density at radius 3 is 2.56 bits per heavy atom. The molecule has 18 heavy (non-hydrogen) atoms. The van der Waals surface area contributed by atoms with Crippen molar-refractivity contribution in [3.8, 4) is 0 Å². The van der Waals surface area contributed by atoms with Crippen LogP contribution in [0.2, 0.25) is 0 Å². The maximum absolute atomic E-state index is 3.57. The van der Waals surface area contributed by atoms with E-state index in [1.807, 2.05) is 0 Å². The monoisotopic (exact) mass is 246 g/mol. The molecule has 0 bridgehead atoms. The molecule has 0 spiro atoms. The number of rotatable bonds is 7. The van der Waals surface area contributed by atoms with Crippen LogP contribution >= 0.6 is 0 Å². The van der Waals surface area contributed by atoms with Gasteiger partial charge in [-0.3, -0.25) is 0 Å². The fraction of sp³-hybridized carbons (Fsp3) is 0.625. The number of likely N-dealkylation sites (tertiary alicyclic amines) is 1. The minimum Gasteiger partial charge on any atom is -0.313 e. The molecule has 1 saturated heterocycles. The fourth-order valence-electron chi connectivity index (χ4n) is 2.73. The molecule has 0 atom stereocenters. The standard InChI is InChI=1S/C16H26N2/c1-2-15-8-3-4-9-16(15)14-17-10-7-13-18-11-5-6-12-18/h3-4,8-9,17H,2,5-7,10-14H2,1H3. The second-order valence-electron chi connectivity index (χ2n) is 5.20. The van der Waals surface area contributed by atoms with Crippen molar-refractivity contribution in [3.05, 3.63) is 35.4 Å². The number of nitrogens with zero attached hydrogens (tertiary/aromatic N) is 1. The van der Waals surface area contributed by atoms with E-state index in [1.54, 1.807) is 0 Å². The van der Waals surface area contributed by atoms with Gasteiger partial charge in [0.1, 0.15) is 0 Å². The van der Waals surface area contributed by atoms with Gasteiger partial charge in [-0.15, -0.1) is 0 Å². The van der Waals surface area contributed by atoms with E-state index in [2.05, 4.69) is 41.4 Å². The Morgan fingerprint density at radius 1 is 1.11 bits per heavy atom. The van der Waals surface area contributed by atoms with Gasteiger partial charge in [-0.05, 0) is 63.0 Å². The fourth-order valence-corrected chi connectivity index (χ4v) is 2.73. The lowest BCUT2D eigenvalue weighted by atomic mass is 10.1. The molecule has 1 aliphatic heterocycles.